The molecule has 0 atom stereocenters. The van der Waals surface area contributed by atoms with E-state index in [-0.39, 0.29) is 5.91 Å². The van der Waals surface area contributed by atoms with E-state index in [1.165, 1.54) is 5.56 Å². The molecule has 0 aliphatic heterocycles. The third kappa shape index (κ3) is 6.48. The van der Waals surface area contributed by atoms with E-state index in [4.69, 9.17) is 17.0 Å². The van der Waals surface area contributed by atoms with Gasteiger partial charge in [0.15, 0.2) is 5.11 Å². The van der Waals surface area contributed by atoms with Crippen molar-refractivity contribution < 1.29 is 9.53 Å². The summed E-state index contributed by atoms with van der Waals surface area (Å²) in [5.41, 5.74) is 1.74. The lowest BCUT2D eigenvalue weighted by atomic mass is 10.2. The second-order valence-corrected chi connectivity index (χ2v) is 6.70. The molecule has 0 unspecified atom stereocenters. The van der Waals surface area contributed by atoms with Crippen molar-refractivity contribution in [2.45, 2.75) is 19.8 Å². The van der Waals surface area contributed by atoms with Crippen LogP contribution in [0.3, 0.4) is 0 Å². The van der Waals surface area contributed by atoms with Gasteiger partial charge in [-0.05, 0) is 58.3 Å². The summed E-state index contributed by atoms with van der Waals surface area (Å²) >= 11 is 8.54. The van der Waals surface area contributed by atoms with Crippen LogP contribution in [0.25, 0.3) is 0 Å². The number of carbonyl (C=O) groups is 1. The van der Waals surface area contributed by atoms with Crippen molar-refractivity contribution >= 4 is 39.2 Å². The molecule has 0 radical (unpaired) electrons. The Morgan fingerprint density at radius 3 is 2.64 bits per heavy atom. The van der Waals surface area contributed by atoms with E-state index in [0.717, 1.165) is 23.9 Å². The van der Waals surface area contributed by atoms with Gasteiger partial charge in [0.05, 0.1) is 11.1 Å². The predicted octanol–water partition coefficient (Wildman–Crippen LogP) is 4.08. The molecule has 1 amide bonds. The molecular weight excluding hydrogens is 400 g/mol. The predicted molar refractivity (Wildman–Crippen MR) is 108 cm³/mol. The molecule has 0 saturated heterocycles. The minimum atomic E-state index is -0.245. The van der Waals surface area contributed by atoms with Gasteiger partial charge < -0.3 is 10.1 Å². The first-order chi connectivity index (χ1) is 12.1. The minimum absolute atomic E-state index is 0.245. The first-order valence-corrected chi connectivity index (χ1v) is 9.35. The number of rotatable bonds is 7. The summed E-state index contributed by atoms with van der Waals surface area (Å²) in [5.74, 6) is 0.462. The van der Waals surface area contributed by atoms with Crippen LogP contribution < -0.4 is 15.4 Å². The lowest BCUT2D eigenvalue weighted by Crippen LogP contribution is -2.39. The van der Waals surface area contributed by atoms with Gasteiger partial charge in [-0.15, -0.1) is 0 Å². The second kappa shape index (κ2) is 10.2. The van der Waals surface area contributed by atoms with Crippen LogP contribution in [0.5, 0.6) is 5.75 Å². The molecule has 0 heterocycles. The molecule has 2 N–H and O–H groups in total. The zero-order valence-electron chi connectivity index (χ0n) is 14.0. The molecule has 0 aliphatic carbocycles. The number of amides is 1. The third-order valence-electron chi connectivity index (χ3n) is 3.45. The Bertz CT molecular complexity index is 723. The summed E-state index contributed by atoms with van der Waals surface area (Å²) in [7, 11) is 0. The van der Waals surface area contributed by atoms with Gasteiger partial charge in [-0.3, -0.25) is 10.1 Å². The number of hydrogen-bond acceptors (Lipinski definition) is 3. The summed E-state index contributed by atoms with van der Waals surface area (Å²) in [6, 6.07) is 15.4. The first kappa shape index (κ1) is 19.4. The summed E-state index contributed by atoms with van der Waals surface area (Å²) in [4.78, 5) is 12.2. The standard InChI is InChI=1S/C19H21BrN2O2S/c1-2-11-21-19(25)22-18(23)15-8-9-17(16(20)13-15)24-12-10-14-6-4-3-5-7-14/h3-9,13H,2,10-12H2,1H3,(H2,21,22,23,25). The second-order valence-electron chi connectivity index (χ2n) is 5.44. The minimum Gasteiger partial charge on any atom is -0.492 e. The Hall–Kier alpha value is -1.92. The Morgan fingerprint density at radius 2 is 1.96 bits per heavy atom. The van der Waals surface area contributed by atoms with Crippen molar-refractivity contribution in [1.29, 1.82) is 0 Å². The topological polar surface area (TPSA) is 50.4 Å². The van der Waals surface area contributed by atoms with Crippen LogP contribution in [0.15, 0.2) is 53.0 Å². The highest BCUT2D eigenvalue weighted by molar-refractivity contribution is 9.10. The molecule has 0 saturated carbocycles. The smallest absolute Gasteiger partial charge is 0.257 e. The van der Waals surface area contributed by atoms with E-state index in [1.54, 1.807) is 18.2 Å². The largest absolute Gasteiger partial charge is 0.492 e. The van der Waals surface area contributed by atoms with Gasteiger partial charge in [0.1, 0.15) is 5.75 Å². The van der Waals surface area contributed by atoms with Gasteiger partial charge in [-0.25, -0.2) is 0 Å². The van der Waals surface area contributed by atoms with E-state index in [9.17, 15) is 4.79 Å². The molecule has 0 bridgehead atoms. The molecule has 2 aromatic rings. The Morgan fingerprint density at radius 1 is 1.20 bits per heavy atom. The van der Waals surface area contributed by atoms with Gasteiger partial charge in [0.25, 0.3) is 5.91 Å². The Labute approximate surface area is 162 Å². The molecule has 0 aliphatic rings. The van der Waals surface area contributed by atoms with E-state index in [1.807, 2.05) is 25.1 Å². The van der Waals surface area contributed by atoms with Crippen LogP contribution in [-0.4, -0.2) is 24.2 Å². The number of hydrogen-bond donors (Lipinski definition) is 2. The van der Waals surface area contributed by atoms with Crippen molar-refractivity contribution in [3.05, 3.63) is 64.1 Å². The zero-order chi connectivity index (χ0) is 18.1. The third-order valence-corrected chi connectivity index (χ3v) is 4.31. The summed E-state index contributed by atoms with van der Waals surface area (Å²) in [6.07, 6.45) is 1.77. The summed E-state index contributed by atoms with van der Waals surface area (Å²) < 4.78 is 6.53. The molecule has 25 heavy (non-hydrogen) atoms. The lowest BCUT2D eigenvalue weighted by Gasteiger charge is -2.11. The molecular formula is C19H21BrN2O2S. The van der Waals surface area contributed by atoms with Crippen molar-refractivity contribution in [2.24, 2.45) is 0 Å². The van der Waals surface area contributed by atoms with E-state index in [0.29, 0.717) is 23.0 Å². The van der Waals surface area contributed by atoms with Gasteiger partial charge in [0, 0.05) is 18.5 Å². The normalized spacial score (nSPS) is 10.2. The molecule has 2 rings (SSSR count). The monoisotopic (exact) mass is 420 g/mol. The van der Waals surface area contributed by atoms with E-state index >= 15 is 0 Å². The van der Waals surface area contributed by atoms with Crippen molar-refractivity contribution in [3.63, 3.8) is 0 Å². The molecule has 6 heteroatoms. The van der Waals surface area contributed by atoms with Crippen molar-refractivity contribution in [1.82, 2.24) is 10.6 Å². The first-order valence-electron chi connectivity index (χ1n) is 8.15. The number of benzene rings is 2. The molecule has 0 fully saturated rings. The Balaban J connectivity index is 1.89. The summed E-state index contributed by atoms with van der Waals surface area (Å²) in [5, 5.41) is 5.97. The molecule has 0 aromatic heterocycles. The van der Waals surface area contributed by atoms with Crippen molar-refractivity contribution in [2.75, 3.05) is 13.2 Å². The maximum absolute atomic E-state index is 12.2. The molecule has 0 spiro atoms. The van der Waals surface area contributed by atoms with E-state index < -0.39 is 0 Å². The number of halogens is 1. The quantitative estimate of drug-likeness (QED) is 0.662. The fourth-order valence-corrected chi connectivity index (χ4v) is 2.83. The molecule has 4 nitrogen and oxygen atoms in total. The highest BCUT2D eigenvalue weighted by atomic mass is 79.9. The molecule has 132 valence electrons. The lowest BCUT2D eigenvalue weighted by molar-refractivity contribution is 0.0976. The van der Waals surface area contributed by atoms with Crippen LogP contribution in [0.2, 0.25) is 0 Å². The maximum Gasteiger partial charge on any atom is 0.257 e. The van der Waals surface area contributed by atoms with Crippen LogP contribution in [0.4, 0.5) is 0 Å². The highest BCUT2D eigenvalue weighted by Gasteiger charge is 2.10. The van der Waals surface area contributed by atoms with Gasteiger partial charge in [0.2, 0.25) is 0 Å². The van der Waals surface area contributed by atoms with Crippen LogP contribution in [0, 0.1) is 0 Å². The van der Waals surface area contributed by atoms with E-state index in [2.05, 4.69) is 38.7 Å². The number of nitrogens with one attached hydrogen (secondary N) is 2. The van der Waals surface area contributed by atoms with Crippen LogP contribution >= 0.6 is 28.1 Å². The van der Waals surface area contributed by atoms with Crippen molar-refractivity contribution in [3.8, 4) is 5.75 Å². The fraction of sp³-hybridized carbons (Fsp3) is 0.263. The van der Waals surface area contributed by atoms with Gasteiger partial charge in [-0.2, -0.15) is 0 Å². The average molecular weight is 421 g/mol. The van der Waals surface area contributed by atoms with Gasteiger partial charge in [-0.1, -0.05) is 37.3 Å². The number of carbonyl (C=O) groups excluding carboxylic acids is 1. The number of ether oxygens (including phenoxy) is 1. The van der Waals surface area contributed by atoms with Gasteiger partial charge >= 0.3 is 0 Å². The molecule has 2 aromatic carbocycles. The fourth-order valence-electron chi connectivity index (χ4n) is 2.14. The zero-order valence-corrected chi connectivity index (χ0v) is 16.5. The average Bonchev–Trinajstić information content (AvgIpc) is 2.62. The van der Waals surface area contributed by atoms with Crippen LogP contribution in [0.1, 0.15) is 29.3 Å². The highest BCUT2D eigenvalue weighted by Crippen LogP contribution is 2.26. The Kier molecular flexibility index (Phi) is 7.88. The SMILES string of the molecule is CCCNC(=S)NC(=O)c1ccc(OCCc2ccccc2)c(Br)c1. The number of thiocarbonyl (C=S) groups is 1. The maximum atomic E-state index is 12.2. The van der Waals surface area contributed by atoms with Crippen LogP contribution in [-0.2, 0) is 6.42 Å². The summed E-state index contributed by atoms with van der Waals surface area (Å²) in [6.45, 7) is 3.33.